The summed E-state index contributed by atoms with van der Waals surface area (Å²) in [5.74, 6) is -2.40. The van der Waals surface area contributed by atoms with Crippen LogP contribution in [0, 0.1) is 11.6 Å². The summed E-state index contributed by atoms with van der Waals surface area (Å²) in [6.07, 6.45) is 2.56. The Morgan fingerprint density at radius 3 is 2.74 bits per heavy atom. The summed E-state index contributed by atoms with van der Waals surface area (Å²) >= 11 is 5.60. The summed E-state index contributed by atoms with van der Waals surface area (Å²) in [5, 5.41) is 2.60. The van der Waals surface area contributed by atoms with Crippen molar-refractivity contribution in [2.45, 2.75) is 6.54 Å². The number of carbonyl (C=O) groups is 1. The quantitative estimate of drug-likeness (QED) is 0.941. The van der Waals surface area contributed by atoms with Crippen LogP contribution in [0.25, 0.3) is 0 Å². The Morgan fingerprint density at radius 1 is 1.26 bits per heavy atom. The maximum atomic E-state index is 13.0. The highest BCUT2D eigenvalue weighted by atomic mass is 35.5. The van der Waals surface area contributed by atoms with Gasteiger partial charge < -0.3 is 5.32 Å². The monoisotopic (exact) mass is 283 g/mol. The molecule has 1 amide bonds. The zero-order valence-electron chi connectivity index (χ0n) is 9.53. The molecule has 2 rings (SSSR count). The average Bonchev–Trinajstić information content (AvgIpc) is 2.40. The third kappa shape index (κ3) is 3.45. The minimum Gasteiger partial charge on any atom is -0.347 e. The number of nitrogens with one attached hydrogen (secondary N) is 1. The molecule has 0 atom stereocenters. The van der Waals surface area contributed by atoms with Gasteiger partial charge >= 0.3 is 0 Å². The van der Waals surface area contributed by atoms with Gasteiger partial charge in [0.2, 0.25) is 0 Å². The number of rotatable bonds is 3. The Balaban J connectivity index is 2.02. The summed E-state index contributed by atoms with van der Waals surface area (Å²) in [4.78, 5) is 19.2. The Kier molecular flexibility index (Phi) is 4.01. The zero-order chi connectivity index (χ0) is 13.8. The minimum atomic E-state index is -0.964. The third-order valence-corrected chi connectivity index (χ3v) is 2.46. The number of hydrogen-bond acceptors (Lipinski definition) is 3. The molecule has 1 heterocycles. The SMILES string of the molecule is O=C(NCc1ccc(F)c(F)c1)c1cncc(Cl)n1. The van der Waals surface area contributed by atoms with Gasteiger partial charge in [-0.05, 0) is 17.7 Å². The van der Waals surface area contributed by atoms with Crippen molar-refractivity contribution >= 4 is 17.5 Å². The molecule has 0 saturated carbocycles. The van der Waals surface area contributed by atoms with E-state index in [9.17, 15) is 13.6 Å². The molecule has 0 aliphatic carbocycles. The lowest BCUT2D eigenvalue weighted by atomic mass is 10.2. The number of hydrogen-bond donors (Lipinski definition) is 1. The molecule has 0 bridgehead atoms. The molecule has 1 aromatic heterocycles. The van der Waals surface area contributed by atoms with Crippen LogP contribution >= 0.6 is 11.6 Å². The highest BCUT2D eigenvalue weighted by Crippen LogP contribution is 2.08. The first-order valence-corrected chi connectivity index (χ1v) is 5.64. The lowest BCUT2D eigenvalue weighted by Crippen LogP contribution is -2.24. The molecule has 0 aliphatic rings. The normalized spacial score (nSPS) is 10.3. The van der Waals surface area contributed by atoms with Gasteiger partial charge in [0.1, 0.15) is 10.8 Å². The molecular weight excluding hydrogens is 276 g/mol. The Morgan fingerprint density at radius 2 is 2.05 bits per heavy atom. The van der Waals surface area contributed by atoms with E-state index in [1.54, 1.807) is 0 Å². The van der Waals surface area contributed by atoms with Gasteiger partial charge in [0.05, 0.1) is 12.4 Å². The molecule has 1 aromatic carbocycles. The molecule has 0 aliphatic heterocycles. The predicted octanol–water partition coefficient (Wildman–Crippen LogP) is 2.34. The van der Waals surface area contributed by atoms with E-state index in [0.29, 0.717) is 5.56 Å². The molecule has 0 radical (unpaired) electrons. The molecule has 19 heavy (non-hydrogen) atoms. The van der Waals surface area contributed by atoms with Crippen LogP contribution in [0.1, 0.15) is 16.1 Å². The number of nitrogens with zero attached hydrogens (tertiary/aromatic N) is 2. The molecule has 1 N–H and O–H groups in total. The van der Waals surface area contributed by atoms with E-state index in [0.717, 1.165) is 12.1 Å². The minimum absolute atomic E-state index is 0.0459. The second kappa shape index (κ2) is 5.71. The number of aromatic nitrogens is 2. The first-order chi connectivity index (χ1) is 9.06. The van der Waals surface area contributed by atoms with Crippen LogP contribution in [0.3, 0.4) is 0 Å². The lowest BCUT2D eigenvalue weighted by molar-refractivity contribution is 0.0945. The number of carbonyl (C=O) groups excluding carboxylic acids is 1. The molecular formula is C12H8ClF2N3O. The molecule has 0 saturated heterocycles. The second-order valence-electron chi connectivity index (χ2n) is 3.66. The van der Waals surface area contributed by atoms with Crippen LogP contribution in [0.2, 0.25) is 5.15 Å². The molecule has 0 unspecified atom stereocenters. The highest BCUT2D eigenvalue weighted by Gasteiger charge is 2.09. The van der Waals surface area contributed by atoms with Crippen molar-refractivity contribution < 1.29 is 13.6 Å². The predicted molar refractivity (Wildman–Crippen MR) is 64.6 cm³/mol. The Bertz CT molecular complexity index is 622. The van der Waals surface area contributed by atoms with Gasteiger partial charge in [0, 0.05) is 6.54 Å². The van der Waals surface area contributed by atoms with Crippen LogP contribution < -0.4 is 5.32 Å². The van der Waals surface area contributed by atoms with Crippen molar-refractivity contribution in [2.75, 3.05) is 0 Å². The maximum Gasteiger partial charge on any atom is 0.271 e. The van der Waals surface area contributed by atoms with Crippen LogP contribution in [0.4, 0.5) is 8.78 Å². The molecule has 2 aromatic rings. The summed E-state index contributed by atoms with van der Waals surface area (Å²) in [6.45, 7) is 0.0459. The maximum absolute atomic E-state index is 13.0. The lowest BCUT2D eigenvalue weighted by Gasteiger charge is -2.05. The Labute approximate surface area is 112 Å². The summed E-state index contributed by atoms with van der Waals surface area (Å²) in [5.41, 5.74) is 0.484. The third-order valence-electron chi connectivity index (χ3n) is 2.27. The van der Waals surface area contributed by atoms with Gasteiger partial charge in [0.25, 0.3) is 5.91 Å². The van der Waals surface area contributed by atoms with E-state index in [1.165, 1.54) is 18.5 Å². The first-order valence-electron chi connectivity index (χ1n) is 5.26. The van der Waals surface area contributed by atoms with Crippen molar-refractivity contribution in [2.24, 2.45) is 0 Å². The van der Waals surface area contributed by atoms with Crippen molar-refractivity contribution in [1.29, 1.82) is 0 Å². The molecule has 0 fully saturated rings. The van der Waals surface area contributed by atoms with E-state index in [-0.39, 0.29) is 17.4 Å². The smallest absolute Gasteiger partial charge is 0.271 e. The molecule has 0 spiro atoms. The number of amides is 1. The van der Waals surface area contributed by atoms with Gasteiger partial charge in [-0.1, -0.05) is 17.7 Å². The second-order valence-corrected chi connectivity index (χ2v) is 4.05. The summed E-state index contributed by atoms with van der Waals surface area (Å²) in [6, 6.07) is 3.39. The zero-order valence-corrected chi connectivity index (χ0v) is 10.3. The van der Waals surface area contributed by atoms with Crippen molar-refractivity contribution in [3.63, 3.8) is 0 Å². The van der Waals surface area contributed by atoms with E-state index in [1.807, 2.05) is 0 Å². The van der Waals surface area contributed by atoms with E-state index >= 15 is 0 Å². The van der Waals surface area contributed by atoms with Crippen molar-refractivity contribution in [3.8, 4) is 0 Å². The Hall–Kier alpha value is -2.08. The fourth-order valence-electron chi connectivity index (χ4n) is 1.37. The molecule has 4 nitrogen and oxygen atoms in total. The van der Waals surface area contributed by atoms with Crippen molar-refractivity contribution in [1.82, 2.24) is 15.3 Å². The van der Waals surface area contributed by atoms with Crippen LogP contribution in [0.5, 0.6) is 0 Å². The van der Waals surface area contributed by atoms with Crippen LogP contribution in [-0.2, 0) is 6.54 Å². The van der Waals surface area contributed by atoms with E-state index < -0.39 is 17.5 Å². The van der Waals surface area contributed by atoms with E-state index in [4.69, 9.17) is 11.6 Å². The number of halogens is 3. The van der Waals surface area contributed by atoms with Crippen LogP contribution in [-0.4, -0.2) is 15.9 Å². The van der Waals surface area contributed by atoms with Gasteiger partial charge in [-0.25, -0.2) is 13.8 Å². The van der Waals surface area contributed by atoms with Gasteiger partial charge in [-0.15, -0.1) is 0 Å². The van der Waals surface area contributed by atoms with Gasteiger partial charge in [-0.2, -0.15) is 0 Å². The summed E-state index contributed by atoms with van der Waals surface area (Å²) < 4.78 is 25.7. The topological polar surface area (TPSA) is 54.9 Å². The van der Waals surface area contributed by atoms with Crippen molar-refractivity contribution in [3.05, 3.63) is 58.6 Å². The fraction of sp³-hybridized carbons (Fsp3) is 0.0833. The van der Waals surface area contributed by atoms with Gasteiger partial charge in [-0.3, -0.25) is 9.78 Å². The highest BCUT2D eigenvalue weighted by molar-refractivity contribution is 6.29. The van der Waals surface area contributed by atoms with Gasteiger partial charge in [0.15, 0.2) is 11.6 Å². The van der Waals surface area contributed by atoms with E-state index in [2.05, 4.69) is 15.3 Å². The number of benzene rings is 1. The largest absolute Gasteiger partial charge is 0.347 e. The molecule has 98 valence electrons. The fourth-order valence-corrected chi connectivity index (χ4v) is 1.52. The summed E-state index contributed by atoms with van der Waals surface area (Å²) in [7, 11) is 0. The standard InChI is InChI=1S/C12H8ClF2N3O/c13-11-6-16-5-10(18-11)12(19)17-4-7-1-2-8(14)9(15)3-7/h1-3,5-6H,4H2,(H,17,19). The van der Waals surface area contributed by atoms with Crippen LogP contribution in [0.15, 0.2) is 30.6 Å². The average molecular weight is 284 g/mol. The first kappa shape index (κ1) is 13.4. The molecule has 7 heteroatoms.